The quantitative estimate of drug-likeness (QED) is 0.491. The number of halogens is 1. The van der Waals surface area contributed by atoms with E-state index in [4.69, 9.17) is 4.42 Å². The minimum absolute atomic E-state index is 0.0898. The van der Waals surface area contributed by atoms with Gasteiger partial charge in [0, 0.05) is 25.9 Å². The van der Waals surface area contributed by atoms with Gasteiger partial charge in [0.2, 0.25) is 5.95 Å². The second-order valence-corrected chi connectivity index (χ2v) is 6.99. The number of benzene rings is 1. The maximum Gasteiger partial charge on any atom is 0.307 e. The molecule has 4 aromatic rings. The van der Waals surface area contributed by atoms with Crippen LogP contribution in [0.5, 0.6) is 0 Å². The number of carbonyl (C=O) groups excluding carboxylic acids is 1. The number of carbonyl (C=O) groups is 1. The van der Waals surface area contributed by atoms with Crippen molar-refractivity contribution in [1.82, 2.24) is 30.0 Å². The number of nitrogens with one attached hydrogen (secondary N) is 2. The van der Waals surface area contributed by atoms with Crippen molar-refractivity contribution in [2.75, 3.05) is 5.32 Å². The highest BCUT2D eigenvalue weighted by molar-refractivity contribution is 5.90. The van der Waals surface area contributed by atoms with Gasteiger partial charge in [0.25, 0.3) is 5.89 Å². The highest BCUT2D eigenvalue weighted by Gasteiger charge is 2.17. The summed E-state index contributed by atoms with van der Waals surface area (Å²) in [7, 11) is 1.80. The average Bonchev–Trinajstić information content (AvgIpc) is 3.40. The Kier molecular flexibility index (Phi) is 5.44. The number of hydrogen-bond donors (Lipinski definition) is 2. The molecule has 0 aliphatic carbocycles. The van der Waals surface area contributed by atoms with Crippen LogP contribution in [0.4, 0.5) is 16.2 Å². The topological polar surface area (TPSA) is 111 Å². The summed E-state index contributed by atoms with van der Waals surface area (Å²) in [5.41, 5.74) is 3.02. The fourth-order valence-electron chi connectivity index (χ4n) is 2.93. The molecule has 2 N–H and O–H groups in total. The number of hydrogen-bond acceptors (Lipinski definition) is 7. The normalized spacial score (nSPS) is 10.8. The zero-order chi connectivity index (χ0) is 22.0. The average molecular weight is 421 g/mol. The Morgan fingerprint density at radius 2 is 2.03 bits per heavy atom. The van der Waals surface area contributed by atoms with E-state index in [1.165, 1.54) is 12.3 Å². The third-order valence-corrected chi connectivity index (χ3v) is 4.65. The summed E-state index contributed by atoms with van der Waals surface area (Å²) in [5, 5.41) is 9.89. The second-order valence-electron chi connectivity index (χ2n) is 6.99. The lowest BCUT2D eigenvalue weighted by Gasteiger charge is -2.07. The van der Waals surface area contributed by atoms with Crippen LogP contribution in [0, 0.1) is 19.7 Å². The zero-order valence-electron chi connectivity index (χ0n) is 17.2. The number of oxazole rings is 1. The van der Waals surface area contributed by atoms with E-state index in [1.807, 2.05) is 6.92 Å². The predicted octanol–water partition coefficient (Wildman–Crippen LogP) is 3.29. The van der Waals surface area contributed by atoms with E-state index in [-0.39, 0.29) is 18.3 Å². The lowest BCUT2D eigenvalue weighted by atomic mass is 10.1. The van der Waals surface area contributed by atoms with Crippen molar-refractivity contribution in [3.63, 3.8) is 0 Å². The van der Waals surface area contributed by atoms with Crippen molar-refractivity contribution in [2.45, 2.75) is 20.4 Å². The molecule has 0 atom stereocenters. The van der Waals surface area contributed by atoms with Gasteiger partial charge in [-0.2, -0.15) is 5.10 Å². The summed E-state index contributed by atoms with van der Waals surface area (Å²) in [4.78, 5) is 25.4. The molecular formula is C21H20FN7O2. The minimum atomic E-state index is -0.479. The van der Waals surface area contributed by atoms with Gasteiger partial charge >= 0.3 is 5.91 Å². The van der Waals surface area contributed by atoms with Crippen LogP contribution in [0.15, 0.2) is 47.3 Å². The first kappa shape index (κ1) is 20.2. The molecule has 0 fully saturated rings. The van der Waals surface area contributed by atoms with E-state index in [2.05, 4.69) is 30.7 Å². The smallest absolute Gasteiger partial charge is 0.307 e. The van der Waals surface area contributed by atoms with Crippen LogP contribution in [-0.4, -0.2) is 30.6 Å². The summed E-state index contributed by atoms with van der Waals surface area (Å²) in [6.07, 6.45) is 4.69. The molecule has 9 nitrogen and oxygen atoms in total. The third kappa shape index (κ3) is 4.42. The monoisotopic (exact) mass is 421 g/mol. The first-order chi connectivity index (χ1) is 14.9. The maximum absolute atomic E-state index is 13.4. The maximum atomic E-state index is 13.4. The molecule has 0 aliphatic heterocycles. The van der Waals surface area contributed by atoms with Gasteiger partial charge in [-0.1, -0.05) is 12.1 Å². The number of anilines is 2. The first-order valence-electron chi connectivity index (χ1n) is 9.48. The van der Waals surface area contributed by atoms with Crippen LogP contribution in [0.3, 0.4) is 0 Å². The summed E-state index contributed by atoms with van der Waals surface area (Å²) in [6, 6.07) is 6.46. The Labute approximate surface area is 177 Å². The van der Waals surface area contributed by atoms with Gasteiger partial charge in [-0.25, -0.2) is 19.3 Å². The van der Waals surface area contributed by atoms with E-state index in [0.717, 1.165) is 16.9 Å². The molecule has 0 saturated heterocycles. The van der Waals surface area contributed by atoms with Gasteiger partial charge in [0.15, 0.2) is 0 Å². The van der Waals surface area contributed by atoms with Crippen LogP contribution < -0.4 is 10.6 Å². The first-order valence-corrected chi connectivity index (χ1v) is 9.48. The van der Waals surface area contributed by atoms with Crippen molar-refractivity contribution < 1.29 is 13.6 Å². The molecule has 3 aromatic heterocycles. The van der Waals surface area contributed by atoms with Gasteiger partial charge in [0.1, 0.15) is 29.3 Å². The molecule has 4 rings (SSSR count). The Bertz CT molecular complexity index is 1250. The van der Waals surface area contributed by atoms with Crippen molar-refractivity contribution >= 4 is 17.7 Å². The van der Waals surface area contributed by atoms with Gasteiger partial charge < -0.3 is 15.1 Å². The number of nitrogens with zero attached hydrogens (tertiary/aromatic N) is 5. The highest BCUT2D eigenvalue weighted by Crippen LogP contribution is 2.22. The van der Waals surface area contributed by atoms with E-state index < -0.39 is 5.91 Å². The standard InChI is InChI=1S/C21H20FN7O2/c1-12-8-14(4-5-15(12)22)10-23-19(30)20-26-16(11-31-20)18-13(2)9-24-21(28-18)27-17-6-7-25-29(17)3/h4-9,11H,10H2,1-3H3,(H,23,30)(H,24,27,28). The lowest BCUT2D eigenvalue weighted by molar-refractivity contribution is 0.0916. The Hall–Kier alpha value is -4.08. The highest BCUT2D eigenvalue weighted by atomic mass is 19.1. The summed E-state index contributed by atoms with van der Waals surface area (Å²) >= 11 is 0. The van der Waals surface area contributed by atoms with Crippen LogP contribution in [0.2, 0.25) is 0 Å². The van der Waals surface area contributed by atoms with Gasteiger partial charge in [-0.05, 0) is 36.6 Å². The van der Waals surface area contributed by atoms with E-state index >= 15 is 0 Å². The van der Waals surface area contributed by atoms with Crippen molar-refractivity contribution in [2.24, 2.45) is 7.05 Å². The number of aromatic nitrogens is 5. The van der Waals surface area contributed by atoms with Gasteiger partial charge in [-0.15, -0.1) is 0 Å². The lowest BCUT2D eigenvalue weighted by Crippen LogP contribution is -2.23. The molecule has 0 spiro atoms. The molecule has 0 aliphatic rings. The van der Waals surface area contributed by atoms with E-state index in [1.54, 1.807) is 49.2 Å². The molecule has 31 heavy (non-hydrogen) atoms. The molecule has 0 saturated carbocycles. The minimum Gasteiger partial charge on any atom is -0.440 e. The molecule has 0 radical (unpaired) electrons. The number of aryl methyl sites for hydroxylation is 3. The molecule has 1 amide bonds. The van der Waals surface area contributed by atoms with Crippen molar-refractivity contribution in [3.05, 3.63) is 71.3 Å². The van der Waals surface area contributed by atoms with Crippen LogP contribution >= 0.6 is 0 Å². The van der Waals surface area contributed by atoms with Crippen molar-refractivity contribution in [3.8, 4) is 11.4 Å². The summed E-state index contributed by atoms with van der Waals surface area (Å²) in [5.74, 6) is 0.238. The molecule has 0 bridgehead atoms. The van der Waals surface area contributed by atoms with Gasteiger partial charge in [-0.3, -0.25) is 9.48 Å². The van der Waals surface area contributed by atoms with Crippen LogP contribution in [-0.2, 0) is 13.6 Å². The van der Waals surface area contributed by atoms with E-state index in [9.17, 15) is 9.18 Å². The Morgan fingerprint density at radius 1 is 1.19 bits per heavy atom. The summed E-state index contributed by atoms with van der Waals surface area (Å²) in [6.45, 7) is 3.74. The Morgan fingerprint density at radius 3 is 2.77 bits per heavy atom. The number of rotatable bonds is 6. The zero-order valence-corrected chi connectivity index (χ0v) is 17.2. The molecule has 10 heteroatoms. The molecular weight excluding hydrogens is 401 g/mol. The molecule has 1 aromatic carbocycles. The largest absolute Gasteiger partial charge is 0.440 e. The number of amides is 1. The van der Waals surface area contributed by atoms with Crippen LogP contribution in [0.1, 0.15) is 27.4 Å². The predicted molar refractivity (Wildman–Crippen MR) is 111 cm³/mol. The second kappa shape index (κ2) is 8.34. The van der Waals surface area contributed by atoms with Crippen LogP contribution in [0.25, 0.3) is 11.4 Å². The molecule has 3 heterocycles. The third-order valence-electron chi connectivity index (χ3n) is 4.65. The SMILES string of the molecule is Cc1cc(CNC(=O)c2nc(-c3nc(Nc4ccnn4C)ncc3C)co2)ccc1F. The van der Waals surface area contributed by atoms with Crippen molar-refractivity contribution in [1.29, 1.82) is 0 Å². The Balaban J connectivity index is 1.48. The van der Waals surface area contributed by atoms with Gasteiger partial charge in [0.05, 0.1) is 6.20 Å². The fourth-order valence-corrected chi connectivity index (χ4v) is 2.93. The molecule has 158 valence electrons. The molecule has 0 unspecified atom stereocenters. The fraction of sp³-hybridized carbons (Fsp3) is 0.190. The summed E-state index contributed by atoms with van der Waals surface area (Å²) < 4.78 is 20.4. The van der Waals surface area contributed by atoms with E-state index in [0.29, 0.717) is 22.9 Å².